The quantitative estimate of drug-likeness (QED) is 0.862. The number of aliphatic hydroxyl groups is 1. The number of aliphatic hydroxyl groups excluding tert-OH is 1. The zero-order chi connectivity index (χ0) is 13.5. The second-order valence-electron chi connectivity index (χ2n) is 4.79. The molecule has 3 nitrogen and oxygen atoms in total. The van der Waals surface area contributed by atoms with Gasteiger partial charge in [-0.15, -0.1) is 0 Å². The highest BCUT2D eigenvalue weighted by Gasteiger charge is 2.07. The number of benzene rings is 1. The number of nitrogens with zero attached hydrogens (tertiary/aromatic N) is 2. The molecule has 2 aromatic rings. The lowest BCUT2D eigenvalue weighted by atomic mass is 10.1. The van der Waals surface area contributed by atoms with Crippen LogP contribution in [0.2, 0.25) is 0 Å². The molecule has 0 amide bonds. The Morgan fingerprint density at radius 2 is 1.79 bits per heavy atom. The maximum Gasteiger partial charge on any atom is 0.0558 e. The third-order valence-corrected chi connectivity index (χ3v) is 3.00. The first-order valence-electron chi connectivity index (χ1n) is 6.55. The molecule has 3 heteroatoms. The predicted molar refractivity (Wildman–Crippen MR) is 76.6 cm³/mol. The summed E-state index contributed by atoms with van der Waals surface area (Å²) in [4.78, 5) is 6.44. The SMILES string of the molecule is Cc1cncc(CN(CCO)Cc2ccccc2)c1. The minimum absolute atomic E-state index is 0.173. The lowest BCUT2D eigenvalue weighted by molar-refractivity contribution is 0.184. The van der Waals surface area contributed by atoms with Crippen LogP contribution in [-0.2, 0) is 13.1 Å². The zero-order valence-corrected chi connectivity index (χ0v) is 11.3. The molecule has 0 bridgehead atoms. The van der Waals surface area contributed by atoms with Gasteiger partial charge >= 0.3 is 0 Å². The summed E-state index contributed by atoms with van der Waals surface area (Å²) in [6.07, 6.45) is 3.75. The van der Waals surface area contributed by atoms with Gasteiger partial charge < -0.3 is 5.11 Å². The Balaban J connectivity index is 2.04. The van der Waals surface area contributed by atoms with Gasteiger partial charge in [0.15, 0.2) is 0 Å². The lowest BCUT2D eigenvalue weighted by Crippen LogP contribution is -2.26. The third kappa shape index (κ3) is 4.47. The Morgan fingerprint density at radius 1 is 1.05 bits per heavy atom. The zero-order valence-electron chi connectivity index (χ0n) is 11.3. The fourth-order valence-corrected chi connectivity index (χ4v) is 2.16. The Labute approximate surface area is 114 Å². The molecule has 0 saturated carbocycles. The number of aromatic nitrogens is 1. The molecule has 1 heterocycles. The van der Waals surface area contributed by atoms with Crippen molar-refractivity contribution in [2.75, 3.05) is 13.2 Å². The maximum atomic E-state index is 9.19. The summed E-state index contributed by atoms with van der Waals surface area (Å²) in [7, 11) is 0. The van der Waals surface area contributed by atoms with Gasteiger partial charge in [-0.3, -0.25) is 9.88 Å². The summed E-state index contributed by atoms with van der Waals surface area (Å²) in [5.74, 6) is 0. The van der Waals surface area contributed by atoms with Gasteiger partial charge in [-0.1, -0.05) is 36.4 Å². The fourth-order valence-electron chi connectivity index (χ4n) is 2.16. The van der Waals surface area contributed by atoms with Gasteiger partial charge in [0.05, 0.1) is 6.61 Å². The lowest BCUT2D eigenvalue weighted by Gasteiger charge is -2.21. The molecular weight excluding hydrogens is 236 g/mol. The van der Waals surface area contributed by atoms with Gasteiger partial charge in [-0.25, -0.2) is 0 Å². The van der Waals surface area contributed by atoms with Crippen molar-refractivity contribution >= 4 is 0 Å². The molecule has 2 rings (SSSR count). The van der Waals surface area contributed by atoms with Gasteiger partial charge in [0.2, 0.25) is 0 Å². The number of hydrogen-bond donors (Lipinski definition) is 1. The van der Waals surface area contributed by atoms with Gasteiger partial charge in [0.25, 0.3) is 0 Å². The first-order chi connectivity index (χ1) is 9.28. The molecule has 0 aliphatic carbocycles. The van der Waals surface area contributed by atoms with Crippen LogP contribution in [0.5, 0.6) is 0 Å². The van der Waals surface area contributed by atoms with Crippen molar-refractivity contribution in [2.45, 2.75) is 20.0 Å². The Kier molecular flexibility index (Phi) is 5.07. The third-order valence-electron chi connectivity index (χ3n) is 3.00. The van der Waals surface area contributed by atoms with E-state index in [1.54, 1.807) is 0 Å². The van der Waals surface area contributed by atoms with Crippen LogP contribution in [-0.4, -0.2) is 28.1 Å². The fraction of sp³-hybridized carbons (Fsp3) is 0.312. The molecule has 0 aliphatic rings. The van der Waals surface area contributed by atoms with E-state index in [1.807, 2.05) is 37.5 Å². The molecule has 0 unspecified atom stereocenters. The van der Waals surface area contributed by atoms with Crippen LogP contribution in [0.4, 0.5) is 0 Å². The second-order valence-corrected chi connectivity index (χ2v) is 4.79. The van der Waals surface area contributed by atoms with Crippen LogP contribution in [0.3, 0.4) is 0 Å². The molecule has 0 aliphatic heterocycles. The van der Waals surface area contributed by atoms with Gasteiger partial charge in [-0.05, 0) is 23.6 Å². The first kappa shape index (κ1) is 13.7. The van der Waals surface area contributed by atoms with E-state index in [9.17, 15) is 5.11 Å². The molecule has 0 spiro atoms. The summed E-state index contributed by atoms with van der Waals surface area (Å²) >= 11 is 0. The van der Waals surface area contributed by atoms with Gasteiger partial charge in [-0.2, -0.15) is 0 Å². The smallest absolute Gasteiger partial charge is 0.0558 e. The van der Waals surface area contributed by atoms with E-state index < -0.39 is 0 Å². The molecule has 1 N–H and O–H groups in total. The van der Waals surface area contributed by atoms with E-state index in [-0.39, 0.29) is 6.61 Å². The van der Waals surface area contributed by atoms with Gasteiger partial charge in [0, 0.05) is 32.0 Å². The maximum absolute atomic E-state index is 9.19. The van der Waals surface area contributed by atoms with Crippen molar-refractivity contribution in [3.8, 4) is 0 Å². The second kappa shape index (κ2) is 7.02. The van der Waals surface area contributed by atoms with E-state index in [0.717, 1.165) is 13.1 Å². The molecule has 0 saturated heterocycles. The summed E-state index contributed by atoms with van der Waals surface area (Å²) < 4.78 is 0. The molecule has 1 aromatic heterocycles. The Morgan fingerprint density at radius 3 is 2.47 bits per heavy atom. The average Bonchev–Trinajstić information content (AvgIpc) is 2.40. The van der Waals surface area contributed by atoms with E-state index in [4.69, 9.17) is 0 Å². The summed E-state index contributed by atoms with van der Waals surface area (Å²) in [6, 6.07) is 12.5. The van der Waals surface area contributed by atoms with E-state index in [1.165, 1.54) is 16.7 Å². The van der Waals surface area contributed by atoms with E-state index in [0.29, 0.717) is 6.54 Å². The molecule has 100 valence electrons. The summed E-state index contributed by atoms with van der Waals surface area (Å²) in [5, 5.41) is 9.19. The molecular formula is C16H20N2O. The summed E-state index contributed by atoms with van der Waals surface area (Å²) in [6.45, 7) is 4.54. The highest BCUT2D eigenvalue weighted by Crippen LogP contribution is 2.10. The standard InChI is InChI=1S/C16H20N2O/c1-14-9-16(11-17-10-14)13-18(7-8-19)12-15-5-3-2-4-6-15/h2-6,9-11,19H,7-8,12-13H2,1H3. The van der Waals surface area contributed by atoms with Crippen LogP contribution in [0.1, 0.15) is 16.7 Å². The summed E-state index contributed by atoms with van der Waals surface area (Å²) in [5.41, 5.74) is 3.61. The topological polar surface area (TPSA) is 36.4 Å². The first-order valence-corrected chi connectivity index (χ1v) is 6.55. The van der Waals surface area contributed by atoms with Crippen molar-refractivity contribution in [1.82, 2.24) is 9.88 Å². The molecule has 19 heavy (non-hydrogen) atoms. The largest absolute Gasteiger partial charge is 0.395 e. The predicted octanol–water partition coefficient (Wildman–Crippen LogP) is 2.38. The molecule has 0 radical (unpaired) electrons. The van der Waals surface area contributed by atoms with Crippen molar-refractivity contribution in [3.05, 3.63) is 65.5 Å². The minimum atomic E-state index is 0.173. The number of hydrogen-bond acceptors (Lipinski definition) is 3. The molecule has 0 fully saturated rings. The highest BCUT2D eigenvalue weighted by molar-refractivity contribution is 5.18. The van der Waals surface area contributed by atoms with Crippen LogP contribution in [0.15, 0.2) is 48.8 Å². The van der Waals surface area contributed by atoms with E-state index in [2.05, 4.69) is 28.1 Å². The van der Waals surface area contributed by atoms with Crippen molar-refractivity contribution in [3.63, 3.8) is 0 Å². The number of pyridine rings is 1. The van der Waals surface area contributed by atoms with Crippen LogP contribution in [0.25, 0.3) is 0 Å². The number of aryl methyl sites for hydroxylation is 1. The Bertz CT molecular complexity index is 499. The van der Waals surface area contributed by atoms with Crippen molar-refractivity contribution in [1.29, 1.82) is 0 Å². The van der Waals surface area contributed by atoms with Crippen LogP contribution >= 0.6 is 0 Å². The minimum Gasteiger partial charge on any atom is -0.395 e. The Hall–Kier alpha value is -1.71. The average molecular weight is 256 g/mol. The molecule has 0 atom stereocenters. The normalized spacial score (nSPS) is 10.9. The monoisotopic (exact) mass is 256 g/mol. The number of rotatable bonds is 6. The molecule has 1 aromatic carbocycles. The van der Waals surface area contributed by atoms with Crippen LogP contribution in [0, 0.1) is 6.92 Å². The van der Waals surface area contributed by atoms with Gasteiger partial charge in [0.1, 0.15) is 0 Å². The highest BCUT2D eigenvalue weighted by atomic mass is 16.3. The van der Waals surface area contributed by atoms with Crippen molar-refractivity contribution < 1.29 is 5.11 Å². The van der Waals surface area contributed by atoms with E-state index >= 15 is 0 Å². The van der Waals surface area contributed by atoms with Crippen LogP contribution < -0.4 is 0 Å². The van der Waals surface area contributed by atoms with Crippen molar-refractivity contribution in [2.24, 2.45) is 0 Å².